The minimum atomic E-state index is -3.73. The first-order chi connectivity index (χ1) is 9.94. The first-order valence-corrected chi connectivity index (χ1v) is 7.77. The Labute approximate surface area is 122 Å². The summed E-state index contributed by atoms with van der Waals surface area (Å²) < 4.78 is 29.8. The fourth-order valence-electron chi connectivity index (χ4n) is 1.93. The Morgan fingerprint density at radius 1 is 1.10 bits per heavy atom. The molecule has 0 heterocycles. The molecule has 0 atom stereocenters. The zero-order valence-corrected chi connectivity index (χ0v) is 12.1. The van der Waals surface area contributed by atoms with Gasteiger partial charge < -0.3 is 9.84 Å². The maximum Gasteiger partial charge on any atom is 0.337 e. The van der Waals surface area contributed by atoms with Gasteiger partial charge in [0.25, 0.3) is 0 Å². The van der Waals surface area contributed by atoms with Crippen LogP contribution in [0.25, 0.3) is 0 Å². The highest BCUT2D eigenvalue weighted by Gasteiger charge is 2.22. The normalized spacial score (nSPS) is 11.1. The molecule has 0 radical (unpaired) electrons. The Morgan fingerprint density at radius 2 is 1.71 bits per heavy atom. The minimum absolute atomic E-state index is 0.173. The van der Waals surface area contributed by atoms with Gasteiger partial charge in [0.05, 0.1) is 23.3 Å². The number of hydrogen-bond donors (Lipinski definition) is 1. The van der Waals surface area contributed by atoms with Crippen LogP contribution in [0.1, 0.15) is 15.9 Å². The predicted molar refractivity (Wildman–Crippen MR) is 77.3 cm³/mol. The molecule has 0 spiro atoms. The van der Waals surface area contributed by atoms with Crippen molar-refractivity contribution in [1.29, 1.82) is 0 Å². The van der Waals surface area contributed by atoms with Crippen molar-refractivity contribution >= 4 is 15.8 Å². The molecule has 0 aliphatic rings. The van der Waals surface area contributed by atoms with Gasteiger partial charge in [0, 0.05) is 0 Å². The van der Waals surface area contributed by atoms with Crippen molar-refractivity contribution in [2.75, 3.05) is 7.11 Å². The fraction of sp³-hybridized carbons (Fsp3) is 0.133. The second-order valence-electron chi connectivity index (χ2n) is 4.41. The standard InChI is InChI=1S/C15H14O5S/c1-20-12-8-6-11(7-9-12)10-21(18,19)14-5-3-2-4-13(14)15(16)17/h2-9H,10H2,1H3,(H,16,17). The van der Waals surface area contributed by atoms with Crippen LogP contribution < -0.4 is 4.74 Å². The molecule has 2 aromatic rings. The SMILES string of the molecule is COc1ccc(CS(=O)(=O)c2ccccc2C(=O)O)cc1. The summed E-state index contributed by atoms with van der Waals surface area (Å²) >= 11 is 0. The van der Waals surface area contributed by atoms with Crippen molar-refractivity contribution < 1.29 is 23.1 Å². The molecule has 110 valence electrons. The van der Waals surface area contributed by atoms with Gasteiger partial charge in [-0.2, -0.15) is 0 Å². The summed E-state index contributed by atoms with van der Waals surface area (Å²) in [4.78, 5) is 11.0. The summed E-state index contributed by atoms with van der Waals surface area (Å²) in [5.74, 6) is -0.896. The Bertz CT molecular complexity index is 748. The van der Waals surface area contributed by atoms with E-state index in [0.29, 0.717) is 11.3 Å². The van der Waals surface area contributed by atoms with Crippen molar-refractivity contribution in [3.63, 3.8) is 0 Å². The van der Waals surface area contributed by atoms with Crippen LogP contribution in [0.3, 0.4) is 0 Å². The highest BCUT2D eigenvalue weighted by atomic mass is 32.2. The van der Waals surface area contributed by atoms with Gasteiger partial charge in [0.15, 0.2) is 9.84 Å². The summed E-state index contributed by atoms with van der Waals surface area (Å²) in [7, 11) is -2.21. The molecule has 0 bridgehead atoms. The van der Waals surface area contributed by atoms with Gasteiger partial charge in [0.1, 0.15) is 5.75 Å². The summed E-state index contributed by atoms with van der Waals surface area (Å²) in [5.41, 5.74) is 0.349. The van der Waals surface area contributed by atoms with Crippen LogP contribution in [-0.4, -0.2) is 26.6 Å². The molecule has 0 aliphatic heterocycles. The van der Waals surface area contributed by atoms with Crippen LogP contribution in [0.2, 0.25) is 0 Å². The minimum Gasteiger partial charge on any atom is -0.497 e. The molecule has 0 aromatic heterocycles. The van der Waals surface area contributed by atoms with E-state index in [1.165, 1.54) is 31.4 Å². The van der Waals surface area contributed by atoms with E-state index in [0.717, 1.165) is 0 Å². The number of sulfone groups is 1. The number of ether oxygens (including phenoxy) is 1. The van der Waals surface area contributed by atoms with E-state index >= 15 is 0 Å². The number of hydrogen-bond acceptors (Lipinski definition) is 4. The van der Waals surface area contributed by atoms with Crippen molar-refractivity contribution in [3.8, 4) is 5.75 Å². The van der Waals surface area contributed by atoms with Gasteiger partial charge in [-0.1, -0.05) is 24.3 Å². The third kappa shape index (κ3) is 3.41. The highest BCUT2D eigenvalue weighted by molar-refractivity contribution is 7.90. The lowest BCUT2D eigenvalue weighted by molar-refractivity contribution is 0.0692. The van der Waals surface area contributed by atoms with Crippen molar-refractivity contribution in [2.24, 2.45) is 0 Å². The van der Waals surface area contributed by atoms with Gasteiger partial charge in [-0.05, 0) is 29.8 Å². The summed E-state index contributed by atoms with van der Waals surface area (Å²) in [6.45, 7) is 0. The Morgan fingerprint density at radius 3 is 2.29 bits per heavy atom. The lowest BCUT2D eigenvalue weighted by atomic mass is 10.2. The predicted octanol–water partition coefficient (Wildman–Crippen LogP) is 2.37. The molecule has 0 fully saturated rings. The number of carboxylic acids is 1. The molecular weight excluding hydrogens is 292 g/mol. The summed E-state index contributed by atoms with van der Waals surface area (Å²) in [5, 5.41) is 9.08. The van der Waals surface area contributed by atoms with Gasteiger partial charge in [-0.3, -0.25) is 0 Å². The van der Waals surface area contributed by atoms with E-state index in [1.807, 2.05) is 0 Å². The average molecular weight is 306 g/mol. The first-order valence-electron chi connectivity index (χ1n) is 6.12. The topological polar surface area (TPSA) is 80.7 Å². The van der Waals surface area contributed by atoms with Crippen LogP contribution in [0, 0.1) is 0 Å². The summed E-state index contributed by atoms with van der Waals surface area (Å²) in [6, 6.07) is 12.2. The molecule has 0 saturated heterocycles. The molecule has 21 heavy (non-hydrogen) atoms. The number of methoxy groups -OCH3 is 1. The molecule has 2 aromatic carbocycles. The van der Waals surface area contributed by atoms with E-state index in [2.05, 4.69) is 0 Å². The fourth-order valence-corrected chi connectivity index (χ4v) is 3.50. The summed E-state index contributed by atoms with van der Waals surface area (Å²) in [6.07, 6.45) is 0. The van der Waals surface area contributed by atoms with Crippen LogP contribution in [-0.2, 0) is 15.6 Å². The van der Waals surface area contributed by atoms with Crippen molar-refractivity contribution in [3.05, 3.63) is 59.7 Å². The number of benzene rings is 2. The third-order valence-corrected chi connectivity index (χ3v) is 4.71. The van der Waals surface area contributed by atoms with Crippen molar-refractivity contribution in [2.45, 2.75) is 10.6 Å². The van der Waals surface area contributed by atoms with E-state index in [-0.39, 0.29) is 16.2 Å². The Hall–Kier alpha value is -2.34. The van der Waals surface area contributed by atoms with E-state index in [9.17, 15) is 13.2 Å². The van der Waals surface area contributed by atoms with E-state index in [4.69, 9.17) is 9.84 Å². The van der Waals surface area contributed by atoms with E-state index in [1.54, 1.807) is 24.3 Å². The number of rotatable bonds is 5. The zero-order valence-electron chi connectivity index (χ0n) is 11.3. The molecule has 1 N–H and O–H groups in total. The first kappa shape index (κ1) is 15.1. The number of carbonyl (C=O) groups is 1. The smallest absolute Gasteiger partial charge is 0.337 e. The molecule has 5 nitrogen and oxygen atoms in total. The second-order valence-corrected chi connectivity index (χ2v) is 6.37. The van der Waals surface area contributed by atoms with E-state index < -0.39 is 15.8 Å². The molecule has 0 unspecified atom stereocenters. The van der Waals surface area contributed by atoms with Crippen LogP contribution >= 0.6 is 0 Å². The van der Waals surface area contributed by atoms with Gasteiger partial charge in [-0.15, -0.1) is 0 Å². The quantitative estimate of drug-likeness (QED) is 0.917. The van der Waals surface area contributed by atoms with Crippen molar-refractivity contribution in [1.82, 2.24) is 0 Å². The molecule has 0 saturated carbocycles. The monoisotopic (exact) mass is 306 g/mol. The Balaban J connectivity index is 2.36. The van der Waals surface area contributed by atoms with Gasteiger partial charge in [0.2, 0.25) is 0 Å². The van der Waals surface area contributed by atoms with Gasteiger partial charge >= 0.3 is 5.97 Å². The Kier molecular flexibility index (Phi) is 4.28. The molecule has 6 heteroatoms. The number of carboxylic acid groups (broad SMARTS) is 1. The third-order valence-electron chi connectivity index (χ3n) is 2.97. The van der Waals surface area contributed by atoms with Crippen LogP contribution in [0.5, 0.6) is 5.75 Å². The number of aromatic carboxylic acids is 1. The zero-order chi connectivity index (χ0) is 15.5. The molecular formula is C15H14O5S. The van der Waals surface area contributed by atoms with Crippen LogP contribution in [0.4, 0.5) is 0 Å². The lowest BCUT2D eigenvalue weighted by Gasteiger charge is -2.08. The molecule has 2 rings (SSSR count). The molecule has 0 aliphatic carbocycles. The lowest BCUT2D eigenvalue weighted by Crippen LogP contribution is -2.11. The maximum absolute atomic E-state index is 12.4. The van der Waals surface area contributed by atoms with Gasteiger partial charge in [-0.25, -0.2) is 13.2 Å². The highest BCUT2D eigenvalue weighted by Crippen LogP contribution is 2.21. The largest absolute Gasteiger partial charge is 0.497 e. The van der Waals surface area contributed by atoms with Crippen LogP contribution in [0.15, 0.2) is 53.4 Å². The molecule has 0 amide bonds. The maximum atomic E-state index is 12.4. The average Bonchev–Trinajstić information content (AvgIpc) is 2.47. The second kappa shape index (κ2) is 5.97.